The number of carbonyl (C=O) groups excluding carboxylic acids is 1. The zero-order valence-corrected chi connectivity index (χ0v) is 18.2. The third-order valence-electron chi connectivity index (χ3n) is 5.77. The van der Waals surface area contributed by atoms with Crippen LogP contribution in [0.15, 0.2) is 55.1 Å². The highest BCUT2D eigenvalue weighted by Gasteiger charge is 2.21. The Labute approximate surface area is 184 Å². The summed E-state index contributed by atoms with van der Waals surface area (Å²) in [6, 6.07) is 14.2. The second kappa shape index (κ2) is 11.6. The van der Waals surface area contributed by atoms with E-state index in [0.29, 0.717) is 11.7 Å². The molecule has 0 spiro atoms. The Balaban J connectivity index is 1.79. The van der Waals surface area contributed by atoms with Crippen LogP contribution in [0.5, 0.6) is 11.5 Å². The summed E-state index contributed by atoms with van der Waals surface area (Å²) in [5.74, 6) is 2.41. The molecule has 1 fully saturated rings. The number of aliphatic hydroxyl groups is 1. The highest BCUT2D eigenvalue weighted by atomic mass is 16.6. The lowest BCUT2D eigenvalue weighted by molar-refractivity contribution is -0.138. The first-order valence-electron chi connectivity index (χ1n) is 11.0. The minimum absolute atomic E-state index is 0.0163. The summed E-state index contributed by atoms with van der Waals surface area (Å²) >= 11 is 0. The smallest absolute Gasteiger partial charge is 0.330 e. The second-order valence-electron chi connectivity index (χ2n) is 8.03. The van der Waals surface area contributed by atoms with E-state index in [-0.39, 0.29) is 26.4 Å². The summed E-state index contributed by atoms with van der Waals surface area (Å²) in [5, 5.41) is 8.92. The van der Waals surface area contributed by atoms with Crippen molar-refractivity contribution in [2.24, 2.45) is 5.92 Å². The van der Waals surface area contributed by atoms with Crippen molar-refractivity contribution in [3.05, 3.63) is 60.7 Å². The Bertz CT molecular complexity index is 851. The van der Waals surface area contributed by atoms with Crippen LogP contribution in [0.2, 0.25) is 0 Å². The standard InChI is InChI=1S/C26H32O5/c1-3-26(28)31-17-16-30-25-18-22(20-6-4-19(2)5-7-20)10-13-24(25)21-8-11-23(12-9-21)29-15-14-27/h3,8-13,18-20,27H,1,4-7,14-17H2,2H3. The van der Waals surface area contributed by atoms with E-state index in [9.17, 15) is 4.79 Å². The molecule has 5 nitrogen and oxygen atoms in total. The fourth-order valence-corrected chi connectivity index (χ4v) is 3.99. The summed E-state index contributed by atoms with van der Waals surface area (Å²) < 4.78 is 16.6. The van der Waals surface area contributed by atoms with Crippen LogP contribution >= 0.6 is 0 Å². The molecule has 166 valence electrons. The van der Waals surface area contributed by atoms with Crippen LogP contribution < -0.4 is 9.47 Å². The van der Waals surface area contributed by atoms with Crippen LogP contribution in [0.25, 0.3) is 11.1 Å². The van der Waals surface area contributed by atoms with Gasteiger partial charge >= 0.3 is 5.97 Å². The fraction of sp³-hybridized carbons (Fsp3) is 0.423. The maximum Gasteiger partial charge on any atom is 0.330 e. The predicted octanol–water partition coefficient (Wildman–Crippen LogP) is 5.13. The Morgan fingerprint density at radius 1 is 1.03 bits per heavy atom. The minimum Gasteiger partial charge on any atom is -0.491 e. The molecule has 1 aliphatic rings. The minimum atomic E-state index is -0.452. The van der Waals surface area contributed by atoms with Crippen molar-refractivity contribution in [1.29, 1.82) is 0 Å². The van der Waals surface area contributed by atoms with Crippen LogP contribution in [-0.4, -0.2) is 37.5 Å². The molecule has 31 heavy (non-hydrogen) atoms. The fourth-order valence-electron chi connectivity index (χ4n) is 3.99. The van der Waals surface area contributed by atoms with E-state index in [2.05, 4.69) is 31.7 Å². The molecule has 0 aliphatic heterocycles. The molecule has 0 saturated heterocycles. The van der Waals surface area contributed by atoms with Crippen LogP contribution in [0.1, 0.15) is 44.1 Å². The molecule has 0 radical (unpaired) electrons. The lowest BCUT2D eigenvalue weighted by atomic mass is 9.79. The molecular weight excluding hydrogens is 392 g/mol. The van der Waals surface area contributed by atoms with E-state index in [1.165, 1.54) is 31.2 Å². The van der Waals surface area contributed by atoms with Crippen molar-refractivity contribution < 1.29 is 24.1 Å². The Morgan fingerprint density at radius 2 is 1.77 bits per heavy atom. The third kappa shape index (κ3) is 6.59. The van der Waals surface area contributed by atoms with Crippen molar-refractivity contribution in [2.45, 2.75) is 38.5 Å². The van der Waals surface area contributed by atoms with Gasteiger partial charge in [0.05, 0.1) is 6.61 Å². The van der Waals surface area contributed by atoms with Crippen LogP contribution in [0, 0.1) is 5.92 Å². The molecule has 1 saturated carbocycles. The summed E-state index contributed by atoms with van der Waals surface area (Å²) in [6.07, 6.45) is 6.07. The second-order valence-corrected chi connectivity index (χ2v) is 8.03. The van der Waals surface area contributed by atoms with Gasteiger partial charge in [-0.3, -0.25) is 0 Å². The topological polar surface area (TPSA) is 65.0 Å². The van der Waals surface area contributed by atoms with Crippen molar-refractivity contribution in [1.82, 2.24) is 0 Å². The SMILES string of the molecule is C=CC(=O)OCCOc1cc(C2CCC(C)CC2)ccc1-c1ccc(OCCO)cc1. The molecule has 2 aromatic rings. The van der Waals surface area contributed by atoms with Crippen molar-refractivity contribution in [2.75, 3.05) is 26.4 Å². The highest BCUT2D eigenvalue weighted by Crippen LogP contribution is 2.39. The number of benzene rings is 2. The largest absolute Gasteiger partial charge is 0.491 e. The first-order valence-corrected chi connectivity index (χ1v) is 11.0. The van der Waals surface area contributed by atoms with Gasteiger partial charge in [-0.25, -0.2) is 4.79 Å². The van der Waals surface area contributed by atoms with Gasteiger partial charge in [-0.05, 0) is 54.0 Å². The van der Waals surface area contributed by atoms with Crippen molar-refractivity contribution in [3.8, 4) is 22.6 Å². The molecule has 1 N–H and O–H groups in total. The number of aliphatic hydroxyl groups excluding tert-OH is 1. The Kier molecular flexibility index (Phi) is 8.53. The lowest BCUT2D eigenvalue weighted by Gasteiger charge is -2.27. The predicted molar refractivity (Wildman–Crippen MR) is 121 cm³/mol. The molecule has 0 unspecified atom stereocenters. The molecular formula is C26H32O5. The molecule has 0 bridgehead atoms. The normalized spacial score (nSPS) is 18.3. The van der Waals surface area contributed by atoms with Crippen LogP contribution in [-0.2, 0) is 9.53 Å². The lowest BCUT2D eigenvalue weighted by Crippen LogP contribution is -2.12. The summed E-state index contributed by atoms with van der Waals surface area (Å²) in [6.45, 7) is 6.43. The number of hydrogen-bond donors (Lipinski definition) is 1. The van der Waals surface area contributed by atoms with Gasteiger partial charge in [0.15, 0.2) is 0 Å². The molecule has 1 aliphatic carbocycles. The van der Waals surface area contributed by atoms with E-state index in [0.717, 1.165) is 28.9 Å². The summed E-state index contributed by atoms with van der Waals surface area (Å²) in [7, 11) is 0. The van der Waals surface area contributed by atoms with Crippen molar-refractivity contribution in [3.63, 3.8) is 0 Å². The molecule has 2 aromatic carbocycles. The Hall–Kier alpha value is -2.79. The average Bonchev–Trinajstić information content (AvgIpc) is 2.81. The molecule has 0 atom stereocenters. The highest BCUT2D eigenvalue weighted by molar-refractivity contribution is 5.81. The van der Waals surface area contributed by atoms with Gasteiger partial charge in [-0.15, -0.1) is 0 Å². The number of carbonyl (C=O) groups is 1. The monoisotopic (exact) mass is 424 g/mol. The zero-order valence-electron chi connectivity index (χ0n) is 18.2. The van der Waals surface area contributed by atoms with Gasteiger partial charge in [-0.1, -0.05) is 50.6 Å². The van der Waals surface area contributed by atoms with E-state index < -0.39 is 5.97 Å². The molecule has 3 rings (SSSR count). The van der Waals surface area contributed by atoms with Crippen LogP contribution in [0.4, 0.5) is 0 Å². The van der Waals surface area contributed by atoms with Gasteiger partial charge < -0.3 is 19.3 Å². The maximum atomic E-state index is 11.3. The quantitative estimate of drug-likeness (QED) is 0.326. The van der Waals surface area contributed by atoms with Gasteiger partial charge in [0.2, 0.25) is 0 Å². The molecule has 0 aromatic heterocycles. The number of esters is 1. The zero-order chi connectivity index (χ0) is 22.1. The Morgan fingerprint density at radius 3 is 2.45 bits per heavy atom. The first kappa shape index (κ1) is 22.9. The van der Waals surface area contributed by atoms with Gasteiger partial charge in [0.25, 0.3) is 0 Å². The van der Waals surface area contributed by atoms with E-state index in [1.54, 1.807) is 0 Å². The molecule has 5 heteroatoms. The third-order valence-corrected chi connectivity index (χ3v) is 5.77. The van der Waals surface area contributed by atoms with Crippen molar-refractivity contribution >= 4 is 5.97 Å². The molecule has 0 heterocycles. The van der Waals surface area contributed by atoms with Gasteiger partial charge in [0, 0.05) is 11.6 Å². The van der Waals surface area contributed by atoms with Gasteiger partial charge in [0.1, 0.15) is 31.3 Å². The summed E-state index contributed by atoms with van der Waals surface area (Å²) in [5.41, 5.74) is 3.30. The number of ether oxygens (including phenoxy) is 3. The van der Waals surface area contributed by atoms with E-state index in [1.807, 2.05) is 24.3 Å². The van der Waals surface area contributed by atoms with E-state index >= 15 is 0 Å². The number of rotatable bonds is 10. The average molecular weight is 425 g/mol. The summed E-state index contributed by atoms with van der Waals surface area (Å²) in [4.78, 5) is 11.3. The maximum absolute atomic E-state index is 11.3. The molecule has 0 amide bonds. The number of hydrogen-bond acceptors (Lipinski definition) is 5. The van der Waals surface area contributed by atoms with Crippen LogP contribution in [0.3, 0.4) is 0 Å². The van der Waals surface area contributed by atoms with E-state index in [4.69, 9.17) is 19.3 Å². The van der Waals surface area contributed by atoms with Gasteiger partial charge in [-0.2, -0.15) is 0 Å². The first-order chi connectivity index (χ1) is 15.1.